The van der Waals surface area contributed by atoms with Gasteiger partial charge in [-0.3, -0.25) is 14.5 Å². The van der Waals surface area contributed by atoms with Gasteiger partial charge >= 0.3 is 0 Å². The zero-order valence-corrected chi connectivity index (χ0v) is 21.1. The summed E-state index contributed by atoms with van der Waals surface area (Å²) >= 11 is 0. The highest BCUT2D eigenvalue weighted by molar-refractivity contribution is 6.04. The standard InChI is InChI=1S/C29H38N4O2/c1-31(2)27-17-19-33(29(27)35)26-16-18-32(20-26)25-14-12-24(13-15-25)30-28(34)23-10-8-22(9-11-23)21-6-4-3-5-7-21/h8-15,21,26-27H,3-7,16-20H2,1-2H3,(H,30,34). The van der Waals surface area contributed by atoms with Crippen LogP contribution in [0.4, 0.5) is 11.4 Å². The third-order valence-electron chi connectivity index (χ3n) is 8.18. The fourth-order valence-electron chi connectivity index (χ4n) is 6.06. The second kappa shape index (κ2) is 10.4. The topological polar surface area (TPSA) is 55.9 Å². The van der Waals surface area contributed by atoms with E-state index in [2.05, 4.69) is 39.4 Å². The van der Waals surface area contributed by atoms with E-state index in [4.69, 9.17) is 0 Å². The first-order valence-electron chi connectivity index (χ1n) is 13.2. The van der Waals surface area contributed by atoms with Crippen LogP contribution in [-0.4, -0.2) is 67.4 Å². The molecule has 0 radical (unpaired) electrons. The molecule has 1 N–H and O–H groups in total. The molecule has 1 saturated carbocycles. The SMILES string of the molecule is CN(C)C1CCN(C2CCN(c3ccc(NC(=O)c4ccc(C5CCCCC5)cc4)cc3)C2)C1=O. The van der Waals surface area contributed by atoms with Crippen molar-refractivity contribution in [2.24, 2.45) is 0 Å². The number of nitrogens with zero attached hydrogens (tertiary/aromatic N) is 3. The molecule has 0 aromatic heterocycles. The van der Waals surface area contributed by atoms with Gasteiger partial charge in [-0.15, -0.1) is 0 Å². The Morgan fingerprint density at radius 1 is 0.886 bits per heavy atom. The van der Waals surface area contributed by atoms with E-state index in [0.717, 1.165) is 43.9 Å². The van der Waals surface area contributed by atoms with Crippen LogP contribution in [0.15, 0.2) is 48.5 Å². The molecule has 2 unspecified atom stereocenters. The van der Waals surface area contributed by atoms with E-state index in [1.807, 2.05) is 43.3 Å². The van der Waals surface area contributed by atoms with Gasteiger partial charge in [0, 0.05) is 36.6 Å². The fraction of sp³-hybridized carbons (Fsp3) is 0.517. The Labute approximate surface area is 209 Å². The summed E-state index contributed by atoms with van der Waals surface area (Å²) in [6.45, 7) is 2.66. The summed E-state index contributed by atoms with van der Waals surface area (Å²) in [5.74, 6) is 0.848. The first-order valence-corrected chi connectivity index (χ1v) is 13.2. The van der Waals surface area contributed by atoms with Crippen molar-refractivity contribution in [3.8, 4) is 0 Å². The van der Waals surface area contributed by atoms with Gasteiger partial charge in [-0.2, -0.15) is 0 Å². The van der Waals surface area contributed by atoms with Crippen molar-refractivity contribution < 1.29 is 9.59 Å². The van der Waals surface area contributed by atoms with E-state index < -0.39 is 0 Å². The van der Waals surface area contributed by atoms with Gasteiger partial charge < -0.3 is 15.1 Å². The van der Waals surface area contributed by atoms with Gasteiger partial charge in [0.25, 0.3) is 5.91 Å². The van der Waals surface area contributed by atoms with Gasteiger partial charge in [0.05, 0.1) is 12.1 Å². The normalized spacial score (nSPS) is 23.3. The minimum Gasteiger partial charge on any atom is -0.369 e. The van der Waals surface area contributed by atoms with Crippen molar-refractivity contribution in [3.63, 3.8) is 0 Å². The lowest BCUT2D eigenvalue weighted by molar-refractivity contribution is -0.133. The fourth-order valence-corrected chi connectivity index (χ4v) is 6.06. The first kappa shape index (κ1) is 23.9. The Hall–Kier alpha value is -2.86. The number of rotatable bonds is 6. The highest BCUT2D eigenvalue weighted by atomic mass is 16.2. The zero-order chi connectivity index (χ0) is 24.4. The quantitative estimate of drug-likeness (QED) is 0.658. The number of hydrogen-bond donors (Lipinski definition) is 1. The third kappa shape index (κ3) is 5.22. The molecule has 2 aromatic rings. The second-order valence-corrected chi connectivity index (χ2v) is 10.6. The lowest BCUT2D eigenvalue weighted by Crippen LogP contribution is -2.43. The van der Waals surface area contributed by atoms with Crippen molar-refractivity contribution in [2.75, 3.05) is 43.9 Å². The van der Waals surface area contributed by atoms with Gasteiger partial charge in [0.1, 0.15) is 0 Å². The highest BCUT2D eigenvalue weighted by Crippen LogP contribution is 2.33. The minimum atomic E-state index is -0.0721. The van der Waals surface area contributed by atoms with Crippen molar-refractivity contribution >= 4 is 23.2 Å². The highest BCUT2D eigenvalue weighted by Gasteiger charge is 2.39. The Balaban J connectivity index is 1.15. The largest absolute Gasteiger partial charge is 0.369 e. The monoisotopic (exact) mass is 474 g/mol. The predicted molar refractivity (Wildman–Crippen MR) is 141 cm³/mol. The molecule has 35 heavy (non-hydrogen) atoms. The number of carbonyl (C=O) groups is 2. The summed E-state index contributed by atoms with van der Waals surface area (Å²) in [5.41, 5.74) is 4.00. The van der Waals surface area contributed by atoms with Crippen LogP contribution in [0.25, 0.3) is 0 Å². The molecule has 186 valence electrons. The van der Waals surface area contributed by atoms with Crippen LogP contribution in [0.2, 0.25) is 0 Å². The molecule has 5 rings (SSSR count). The van der Waals surface area contributed by atoms with Crippen molar-refractivity contribution in [3.05, 3.63) is 59.7 Å². The van der Waals surface area contributed by atoms with Crippen LogP contribution in [0, 0.1) is 0 Å². The van der Waals surface area contributed by atoms with E-state index in [-0.39, 0.29) is 23.9 Å². The molecule has 3 fully saturated rings. The molecule has 2 atom stereocenters. The van der Waals surface area contributed by atoms with Crippen LogP contribution < -0.4 is 10.2 Å². The van der Waals surface area contributed by atoms with Gasteiger partial charge in [-0.05, 0) is 87.7 Å². The van der Waals surface area contributed by atoms with Gasteiger partial charge in [-0.25, -0.2) is 0 Å². The number of likely N-dealkylation sites (N-methyl/N-ethyl adjacent to an activating group) is 1. The lowest BCUT2D eigenvalue weighted by atomic mass is 9.84. The minimum absolute atomic E-state index is 0.0235. The van der Waals surface area contributed by atoms with Gasteiger partial charge in [0.15, 0.2) is 0 Å². The smallest absolute Gasteiger partial charge is 0.255 e. The van der Waals surface area contributed by atoms with E-state index in [9.17, 15) is 9.59 Å². The van der Waals surface area contributed by atoms with Crippen LogP contribution in [-0.2, 0) is 4.79 Å². The predicted octanol–water partition coefficient (Wildman–Crippen LogP) is 4.73. The zero-order valence-electron chi connectivity index (χ0n) is 21.1. The Kier molecular flexibility index (Phi) is 7.09. The summed E-state index contributed by atoms with van der Waals surface area (Å²) in [5, 5.41) is 3.03. The molecule has 2 amide bonds. The Bertz CT molecular complexity index is 1030. The number of hydrogen-bond acceptors (Lipinski definition) is 4. The number of benzene rings is 2. The molecule has 0 bridgehead atoms. The summed E-state index contributed by atoms with van der Waals surface area (Å²) < 4.78 is 0. The average Bonchev–Trinajstić information content (AvgIpc) is 3.52. The molecular weight excluding hydrogens is 436 g/mol. The molecule has 2 saturated heterocycles. The summed E-state index contributed by atoms with van der Waals surface area (Å²) in [7, 11) is 3.97. The van der Waals surface area contributed by atoms with Crippen molar-refractivity contribution in [1.29, 1.82) is 0 Å². The van der Waals surface area contributed by atoms with E-state index in [0.29, 0.717) is 11.5 Å². The second-order valence-electron chi connectivity index (χ2n) is 10.6. The maximum absolute atomic E-state index is 12.8. The molecule has 6 nitrogen and oxygen atoms in total. The summed E-state index contributed by atoms with van der Waals surface area (Å²) in [4.78, 5) is 32.0. The average molecular weight is 475 g/mol. The third-order valence-corrected chi connectivity index (χ3v) is 8.18. The maximum atomic E-state index is 12.8. The molecule has 2 aliphatic heterocycles. The molecule has 3 aliphatic rings. The first-order chi connectivity index (χ1) is 17.0. The molecule has 6 heteroatoms. The van der Waals surface area contributed by atoms with Crippen LogP contribution in [0.3, 0.4) is 0 Å². The van der Waals surface area contributed by atoms with E-state index in [1.165, 1.54) is 37.7 Å². The van der Waals surface area contributed by atoms with Crippen LogP contribution in [0.1, 0.15) is 66.8 Å². The van der Waals surface area contributed by atoms with E-state index in [1.54, 1.807) is 0 Å². The van der Waals surface area contributed by atoms with Gasteiger partial charge in [-0.1, -0.05) is 31.4 Å². The van der Waals surface area contributed by atoms with Crippen LogP contribution >= 0.6 is 0 Å². The number of nitrogens with one attached hydrogen (secondary N) is 1. The van der Waals surface area contributed by atoms with E-state index >= 15 is 0 Å². The number of anilines is 2. The van der Waals surface area contributed by atoms with Gasteiger partial charge in [0.2, 0.25) is 5.91 Å². The molecule has 2 heterocycles. The molecular formula is C29H38N4O2. The number of carbonyl (C=O) groups excluding carboxylic acids is 2. The molecule has 2 aromatic carbocycles. The lowest BCUT2D eigenvalue weighted by Gasteiger charge is -2.26. The van der Waals surface area contributed by atoms with Crippen LogP contribution in [0.5, 0.6) is 0 Å². The Morgan fingerprint density at radius 3 is 2.26 bits per heavy atom. The van der Waals surface area contributed by atoms with Crippen molar-refractivity contribution in [1.82, 2.24) is 9.80 Å². The molecule has 0 spiro atoms. The summed E-state index contributed by atoms with van der Waals surface area (Å²) in [6, 6.07) is 16.6. The Morgan fingerprint density at radius 2 is 1.60 bits per heavy atom. The van der Waals surface area contributed by atoms with Crippen molar-refractivity contribution in [2.45, 2.75) is 62.9 Å². The number of amides is 2. The number of likely N-dealkylation sites (tertiary alicyclic amines) is 1. The summed E-state index contributed by atoms with van der Waals surface area (Å²) in [6.07, 6.45) is 8.43. The maximum Gasteiger partial charge on any atom is 0.255 e. The molecule has 1 aliphatic carbocycles.